The number of rotatable bonds is 4. The van der Waals surface area contributed by atoms with E-state index in [-0.39, 0.29) is 27.9 Å². The summed E-state index contributed by atoms with van der Waals surface area (Å²) in [6, 6.07) is 17.3. The molecule has 0 spiro atoms. The summed E-state index contributed by atoms with van der Waals surface area (Å²) in [6.45, 7) is 0. The Morgan fingerprint density at radius 3 is 2.47 bits per heavy atom. The van der Waals surface area contributed by atoms with E-state index in [9.17, 15) is 9.59 Å². The molecule has 0 fully saturated rings. The molecule has 30 heavy (non-hydrogen) atoms. The third kappa shape index (κ3) is 3.54. The summed E-state index contributed by atoms with van der Waals surface area (Å²) in [5.41, 5.74) is 9.35. The topological polar surface area (TPSA) is 85.3 Å². The molecule has 3 aromatic carbocycles. The van der Waals surface area contributed by atoms with Gasteiger partial charge in [-0.1, -0.05) is 41.4 Å². The zero-order chi connectivity index (χ0) is 21.4. The van der Waals surface area contributed by atoms with Gasteiger partial charge in [-0.2, -0.15) is 0 Å². The summed E-state index contributed by atoms with van der Waals surface area (Å²) >= 11 is 12.1. The molecule has 0 unspecified atom stereocenters. The molecule has 4 aromatic rings. The van der Waals surface area contributed by atoms with E-state index in [0.29, 0.717) is 21.6 Å². The van der Waals surface area contributed by atoms with Crippen molar-refractivity contribution in [3.8, 4) is 11.1 Å². The van der Waals surface area contributed by atoms with Gasteiger partial charge in [-0.05, 0) is 53.6 Å². The van der Waals surface area contributed by atoms with Crippen molar-refractivity contribution in [2.24, 2.45) is 0 Å². The summed E-state index contributed by atoms with van der Waals surface area (Å²) in [5, 5.41) is 3.88. The molecule has 1 heterocycles. The first-order valence-electron chi connectivity index (χ1n) is 9.03. The van der Waals surface area contributed by atoms with Crippen LogP contribution in [0.5, 0.6) is 0 Å². The molecule has 1 amide bonds. The maximum atomic E-state index is 12.9. The molecule has 0 aliphatic heterocycles. The first-order chi connectivity index (χ1) is 14.4. The Bertz CT molecular complexity index is 1310. The zero-order valence-corrected chi connectivity index (χ0v) is 17.3. The van der Waals surface area contributed by atoms with Crippen LogP contribution in [0.15, 0.2) is 65.1 Å². The number of hydrogen-bond donors (Lipinski definition) is 2. The van der Waals surface area contributed by atoms with E-state index in [1.165, 1.54) is 12.1 Å². The van der Waals surface area contributed by atoms with Gasteiger partial charge in [0.2, 0.25) is 5.78 Å². The number of hydrogen-bond acceptors (Lipinski definition) is 4. The number of amides is 1. The lowest BCUT2D eigenvalue weighted by Crippen LogP contribution is -2.17. The number of fused-ring (bicyclic) bond motifs is 1. The Kier molecular flexibility index (Phi) is 5.24. The average Bonchev–Trinajstić information content (AvgIpc) is 3.08. The lowest BCUT2D eigenvalue weighted by Gasteiger charge is -2.05. The molecule has 1 aromatic heterocycles. The molecule has 0 saturated heterocycles. The quantitative estimate of drug-likeness (QED) is 0.407. The van der Waals surface area contributed by atoms with Crippen molar-refractivity contribution in [2.45, 2.75) is 0 Å². The molecule has 0 saturated carbocycles. The molecule has 7 heteroatoms. The highest BCUT2D eigenvalue weighted by Gasteiger charge is 2.22. The molecule has 0 aliphatic carbocycles. The average molecular weight is 439 g/mol. The van der Waals surface area contributed by atoms with Crippen molar-refractivity contribution in [1.82, 2.24) is 5.32 Å². The van der Waals surface area contributed by atoms with E-state index < -0.39 is 5.78 Å². The lowest BCUT2D eigenvalue weighted by molar-refractivity contribution is 0.0962. The van der Waals surface area contributed by atoms with E-state index in [0.717, 1.165) is 11.1 Å². The van der Waals surface area contributed by atoms with E-state index in [2.05, 4.69) is 5.32 Å². The van der Waals surface area contributed by atoms with Crippen LogP contribution in [0.1, 0.15) is 26.5 Å². The third-order valence-electron chi connectivity index (χ3n) is 4.80. The monoisotopic (exact) mass is 438 g/mol. The molecule has 0 radical (unpaired) electrons. The number of anilines is 1. The first-order valence-corrected chi connectivity index (χ1v) is 9.79. The summed E-state index contributed by atoms with van der Waals surface area (Å²) < 4.78 is 5.82. The van der Waals surface area contributed by atoms with Gasteiger partial charge in [-0.3, -0.25) is 9.59 Å². The van der Waals surface area contributed by atoms with Gasteiger partial charge in [0.15, 0.2) is 5.76 Å². The Labute approximate surface area is 182 Å². The molecule has 3 N–H and O–H groups in total. The molecule has 0 atom stereocenters. The molecule has 4 rings (SSSR count). The van der Waals surface area contributed by atoms with E-state index >= 15 is 0 Å². The smallest absolute Gasteiger partial charge is 0.251 e. The molecule has 5 nitrogen and oxygen atoms in total. The van der Waals surface area contributed by atoms with Crippen molar-refractivity contribution in [3.05, 3.63) is 87.6 Å². The zero-order valence-electron chi connectivity index (χ0n) is 15.8. The van der Waals surface area contributed by atoms with Crippen LogP contribution in [-0.4, -0.2) is 18.7 Å². The summed E-state index contributed by atoms with van der Waals surface area (Å²) in [7, 11) is 1.58. The van der Waals surface area contributed by atoms with E-state index in [1.807, 2.05) is 12.1 Å². The van der Waals surface area contributed by atoms with Crippen LogP contribution in [0.3, 0.4) is 0 Å². The van der Waals surface area contributed by atoms with Gasteiger partial charge in [0.1, 0.15) is 5.58 Å². The van der Waals surface area contributed by atoms with Crippen LogP contribution < -0.4 is 11.1 Å². The SMILES string of the molecule is CNC(=O)c1cccc(-c2ccc3c(N)c(C(=O)c4ccc(Cl)cc4Cl)oc3c2)c1. The molecular weight excluding hydrogens is 423 g/mol. The largest absolute Gasteiger partial charge is 0.450 e. The Hall–Kier alpha value is -3.28. The number of furan rings is 1. The molecule has 150 valence electrons. The van der Waals surface area contributed by atoms with Crippen molar-refractivity contribution < 1.29 is 14.0 Å². The summed E-state index contributed by atoms with van der Waals surface area (Å²) in [5.74, 6) is -0.577. The second-order valence-electron chi connectivity index (χ2n) is 6.67. The van der Waals surface area contributed by atoms with Gasteiger partial charge in [0.05, 0.1) is 10.7 Å². The van der Waals surface area contributed by atoms with Crippen LogP contribution in [0, 0.1) is 0 Å². The maximum absolute atomic E-state index is 12.9. The van der Waals surface area contributed by atoms with Gasteiger partial charge in [-0.25, -0.2) is 0 Å². The van der Waals surface area contributed by atoms with Crippen LogP contribution in [0.4, 0.5) is 5.69 Å². The fourth-order valence-corrected chi connectivity index (χ4v) is 3.74. The van der Waals surface area contributed by atoms with E-state index in [4.69, 9.17) is 33.4 Å². The second-order valence-corrected chi connectivity index (χ2v) is 7.51. The minimum absolute atomic E-state index is 0.0190. The predicted molar refractivity (Wildman–Crippen MR) is 119 cm³/mol. The Morgan fingerprint density at radius 1 is 0.967 bits per heavy atom. The van der Waals surface area contributed by atoms with Crippen LogP contribution in [-0.2, 0) is 0 Å². The highest BCUT2D eigenvalue weighted by molar-refractivity contribution is 6.37. The van der Waals surface area contributed by atoms with Gasteiger partial charge in [-0.15, -0.1) is 0 Å². The van der Waals surface area contributed by atoms with Crippen molar-refractivity contribution in [3.63, 3.8) is 0 Å². The van der Waals surface area contributed by atoms with Gasteiger partial charge < -0.3 is 15.5 Å². The van der Waals surface area contributed by atoms with E-state index in [1.54, 1.807) is 43.4 Å². The molecule has 0 aliphatic rings. The number of halogens is 2. The highest BCUT2D eigenvalue weighted by Crippen LogP contribution is 2.34. The van der Waals surface area contributed by atoms with Gasteiger partial charge in [0, 0.05) is 28.6 Å². The summed E-state index contributed by atoms with van der Waals surface area (Å²) in [6.07, 6.45) is 0. The Morgan fingerprint density at radius 2 is 1.73 bits per heavy atom. The van der Waals surface area contributed by atoms with Gasteiger partial charge in [0.25, 0.3) is 5.91 Å². The molecular formula is C23H16Cl2N2O3. The van der Waals surface area contributed by atoms with Gasteiger partial charge >= 0.3 is 0 Å². The summed E-state index contributed by atoms with van der Waals surface area (Å²) in [4.78, 5) is 24.8. The van der Waals surface area contributed by atoms with Crippen LogP contribution in [0.25, 0.3) is 22.1 Å². The van der Waals surface area contributed by atoms with Crippen LogP contribution >= 0.6 is 23.2 Å². The Balaban J connectivity index is 1.77. The number of carbonyl (C=O) groups is 2. The third-order valence-corrected chi connectivity index (χ3v) is 5.34. The number of ketones is 1. The standard InChI is InChI=1S/C23H16Cl2N2O3/c1-27-23(29)14-4-2-3-12(9-14)13-5-7-17-19(10-13)30-22(20(17)26)21(28)16-8-6-15(24)11-18(16)25/h2-11H,26H2,1H3,(H,27,29). The fraction of sp³-hybridized carbons (Fsp3) is 0.0435. The number of nitrogen functional groups attached to an aromatic ring is 1. The van der Waals surface area contributed by atoms with Crippen molar-refractivity contribution in [2.75, 3.05) is 12.8 Å². The molecule has 0 bridgehead atoms. The number of benzene rings is 3. The fourth-order valence-electron chi connectivity index (χ4n) is 3.25. The minimum Gasteiger partial charge on any atom is -0.450 e. The maximum Gasteiger partial charge on any atom is 0.251 e. The number of nitrogens with one attached hydrogen (secondary N) is 1. The number of nitrogens with two attached hydrogens (primary N) is 1. The number of carbonyl (C=O) groups excluding carboxylic acids is 2. The first kappa shape index (κ1) is 20.0. The highest BCUT2D eigenvalue weighted by atomic mass is 35.5. The minimum atomic E-state index is -0.423. The van der Waals surface area contributed by atoms with Crippen LogP contribution in [0.2, 0.25) is 10.0 Å². The normalized spacial score (nSPS) is 10.9. The second kappa shape index (κ2) is 7.86. The van der Waals surface area contributed by atoms with Crippen molar-refractivity contribution >= 4 is 51.5 Å². The predicted octanol–water partition coefficient (Wildman–Crippen LogP) is 5.58. The van der Waals surface area contributed by atoms with Crippen molar-refractivity contribution in [1.29, 1.82) is 0 Å². The lowest BCUT2D eigenvalue weighted by atomic mass is 10.0.